The van der Waals surface area contributed by atoms with Gasteiger partial charge in [-0.2, -0.15) is 5.10 Å². The monoisotopic (exact) mass is 364 g/mol. The van der Waals surface area contributed by atoms with Gasteiger partial charge in [-0.1, -0.05) is 5.57 Å². The Kier molecular flexibility index (Phi) is 5.96. The molecule has 6 heteroatoms. The number of carbonyl (C=O) groups excluding carboxylic acids is 1. The number of amides is 1. The maximum absolute atomic E-state index is 12.3. The molecule has 0 saturated carbocycles. The zero-order valence-electron chi connectivity index (χ0n) is 15.9. The number of hydrogen-bond acceptors (Lipinski definition) is 5. The van der Waals surface area contributed by atoms with E-state index in [1.807, 2.05) is 38.1 Å². The lowest BCUT2D eigenvalue weighted by Gasteiger charge is -2.10. The van der Waals surface area contributed by atoms with Crippen molar-refractivity contribution >= 4 is 12.1 Å². The quantitative estimate of drug-likeness (QED) is 0.617. The van der Waals surface area contributed by atoms with E-state index < -0.39 is 0 Å². The zero-order chi connectivity index (χ0) is 19.2. The van der Waals surface area contributed by atoms with Gasteiger partial charge in [0.1, 0.15) is 11.4 Å². The van der Waals surface area contributed by atoms with E-state index in [4.69, 9.17) is 4.74 Å². The third-order valence-corrected chi connectivity index (χ3v) is 4.32. The highest BCUT2D eigenvalue weighted by Crippen LogP contribution is 2.23. The minimum atomic E-state index is -0.378. The van der Waals surface area contributed by atoms with Gasteiger partial charge in [-0.3, -0.25) is 9.78 Å². The summed E-state index contributed by atoms with van der Waals surface area (Å²) in [6.45, 7) is 6.06. The number of benzene rings is 1. The van der Waals surface area contributed by atoms with Gasteiger partial charge in [0.15, 0.2) is 0 Å². The van der Waals surface area contributed by atoms with E-state index >= 15 is 0 Å². The van der Waals surface area contributed by atoms with Crippen LogP contribution in [0.4, 0.5) is 0 Å². The van der Waals surface area contributed by atoms with Crippen molar-refractivity contribution < 1.29 is 9.53 Å². The summed E-state index contributed by atoms with van der Waals surface area (Å²) in [4.78, 5) is 20.8. The molecule has 0 fully saturated rings. The maximum Gasteiger partial charge on any atom is 0.291 e. The van der Waals surface area contributed by atoms with E-state index in [-0.39, 0.29) is 17.7 Å². The number of rotatable bonds is 6. The highest BCUT2D eigenvalue weighted by molar-refractivity contribution is 5.93. The van der Waals surface area contributed by atoms with Crippen molar-refractivity contribution in [2.75, 3.05) is 0 Å². The largest absolute Gasteiger partial charge is 0.491 e. The highest BCUT2D eigenvalue weighted by Gasteiger charge is 2.11. The number of nitrogens with one attached hydrogen (secondary N) is 1. The average molecular weight is 364 g/mol. The summed E-state index contributed by atoms with van der Waals surface area (Å²) in [5.74, 6) is 0.415. The van der Waals surface area contributed by atoms with Crippen molar-refractivity contribution in [1.82, 2.24) is 15.4 Å². The van der Waals surface area contributed by atoms with Crippen LogP contribution in [0.15, 0.2) is 52.9 Å². The Hall–Kier alpha value is -3.02. The number of nitrogens with zero attached hydrogens (tertiary/aromatic N) is 3. The molecule has 1 aliphatic rings. The smallest absolute Gasteiger partial charge is 0.291 e. The summed E-state index contributed by atoms with van der Waals surface area (Å²) < 4.78 is 5.64. The Morgan fingerprint density at radius 3 is 2.67 bits per heavy atom. The van der Waals surface area contributed by atoms with Crippen LogP contribution in [0.3, 0.4) is 0 Å². The number of ether oxygens (including phenoxy) is 1. The van der Waals surface area contributed by atoms with E-state index in [9.17, 15) is 4.79 Å². The molecule has 140 valence electrons. The molecular weight excluding hydrogens is 340 g/mol. The normalized spacial score (nSPS) is 14.2. The van der Waals surface area contributed by atoms with Gasteiger partial charge in [0.25, 0.3) is 5.91 Å². The van der Waals surface area contributed by atoms with Crippen LogP contribution in [0.1, 0.15) is 50.5 Å². The van der Waals surface area contributed by atoms with Crippen LogP contribution in [-0.4, -0.2) is 28.2 Å². The van der Waals surface area contributed by atoms with E-state index in [0.29, 0.717) is 5.69 Å². The third kappa shape index (κ3) is 5.00. The van der Waals surface area contributed by atoms with Gasteiger partial charge in [0.05, 0.1) is 30.4 Å². The zero-order valence-corrected chi connectivity index (χ0v) is 15.9. The lowest BCUT2D eigenvalue weighted by atomic mass is 10.1. The summed E-state index contributed by atoms with van der Waals surface area (Å²) in [6, 6.07) is 7.56. The first-order valence-electron chi connectivity index (χ1n) is 9.14. The molecule has 0 spiro atoms. The molecule has 27 heavy (non-hydrogen) atoms. The minimum Gasteiger partial charge on any atom is -0.491 e. The molecule has 0 atom stereocenters. The molecule has 0 saturated heterocycles. The topological polar surface area (TPSA) is 76.5 Å². The van der Waals surface area contributed by atoms with Crippen LogP contribution in [-0.2, 0) is 0 Å². The first kappa shape index (κ1) is 18.8. The molecule has 0 radical (unpaired) electrons. The van der Waals surface area contributed by atoms with Gasteiger partial charge in [-0.25, -0.2) is 10.4 Å². The molecule has 2 aromatic rings. The number of aromatic nitrogens is 2. The second-order valence-corrected chi connectivity index (χ2v) is 6.84. The summed E-state index contributed by atoms with van der Waals surface area (Å²) in [5, 5.41) is 4.05. The van der Waals surface area contributed by atoms with Crippen molar-refractivity contribution in [3.63, 3.8) is 0 Å². The molecule has 1 amide bonds. The Labute approximate surface area is 159 Å². The highest BCUT2D eigenvalue weighted by atomic mass is 16.5. The molecule has 3 rings (SSSR count). The fourth-order valence-electron chi connectivity index (χ4n) is 2.91. The predicted octanol–water partition coefficient (Wildman–Crippen LogP) is 4.15. The molecular formula is C21H24N4O2. The molecule has 1 aromatic carbocycles. The number of hydrogen-bond donors (Lipinski definition) is 1. The van der Waals surface area contributed by atoms with Crippen LogP contribution >= 0.6 is 0 Å². The Bertz CT molecular complexity index is 870. The lowest BCUT2D eigenvalue weighted by Crippen LogP contribution is -2.19. The lowest BCUT2D eigenvalue weighted by molar-refractivity contribution is 0.0950. The van der Waals surface area contributed by atoms with Crippen molar-refractivity contribution in [3.05, 3.63) is 53.5 Å². The molecule has 0 aliphatic heterocycles. The first-order chi connectivity index (χ1) is 13.0. The van der Waals surface area contributed by atoms with Crippen molar-refractivity contribution in [2.24, 2.45) is 5.10 Å². The number of carbonyl (C=O) groups is 1. The number of hydrazone groups is 1. The SMILES string of the molecule is CC1=C(C=NNC(=O)c2cncc(-c3ccc(OC(C)C)cc3)n2)CCC1. The fourth-order valence-corrected chi connectivity index (χ4v) is 2.91. The number of allylic oxidation sites excluding steroid dienone is 2. The van der Waals surface area contributed by atoms with Crippen LogP contribution in [0.5, 0.6) is 5.75 Å². The molecule has 0 unspecified atom stereocenters. The van der Waals surface area contributed by atoms with Crippen molar-refractivity contribution in [3.8, 4) is 17.0 Å². The summed E-state index contributed by atoms with van der Waals surface area (Å²) >= 11 is 0. The molecule has 0 bridgehead atoms. The van der Waals surface area contributed by atoms with Crippen LogP contribution in [0.25, 0.3) is 11.3 Å². The van der Waals surface area contributed by atoms with Gasteiger partial charge in [-0.15, -0.1) is 0 Å². The van der Waals surface area contributed by atoms with Crippen LogP contribution in [0, 0.1) is 0 Å². The summed E-state index contributed by atoms with van der Waals surface area (Å²) in [6.07, 6.45) is 8.17. The standard InChI is InChI=1S/C21H24N4O2/c1-14(2)27-18-9-7-16(8-10-18)19-12-22-13-20(24-19)21(26)25-23-11-17-6-4-5-15(17)3/h7-14H,4-6H2,1-3H3,(H,25,26). The maximum atomic E-state index is 12.3. The van der Waals surface area contributed by atoms with Gasteiger partial charge >= 0.3 is 0 Å². The summed E-state index contributed by atoms with van der Waals surface area (Å²) in [5.41, 5.74) is 6.77. The Morgan fingerprint density at radius 1 is 1.22 bits per heavy atom. The van der Waals surface area contributed by atoms with E-state index in [1.165, 1.54) is 17.3 Å². The van der Waals surface area contributed by atoms with Crippen LogP contribution < -0.4 is 10.2 Å². The average Bonchev–Trinajstić information content (AvgIpc) is 3.07. The molecule has 1 aliphatic carbocycles. The van der Waals surface area contributed by atoms with Gasteiger partial charge < -0.3 is 4.74 Å². The molecule has 1 heterocycles. The van der Waals surface area contributed by atoms with Crippen molar-refractivity contribution in [2.45, 2.75) is 46.1 Å². The third-order valence-electron chi connectivity index (χ3n) is 4.32. The van der Waals surface area contributed by atoms with Gasteiger partial charge in [0.2, 0.25) is 0 Å². The second-order valence-electron chi connectivity index (χ2n) is 6.84. The fraction of sp³-hybridized carbons (Fsp3) is 0.333. The van der Waals surface area contributed by atoms with E-state index in [1.54, 1.807) is 12.4 Å². The minimum absolute atomic E-state index is 0.118. The molecule has 1 aromatic heterocycles. The van der Waals surface area contributed by atoms with E-state index in [2.05, 4.69) is 27.4 Å². The molecule has 1 N–H and O–H groups in total. The van der Waals surface area contributed by atoms with E-state index in [0.717, 1.165) is 30.6 Å². The van der Waals surface area contributed by atoms with Gasteiger partial charge in [0, 0.05) is 5.56 Å². The Morgan fingerprint density at radius 2 is 2.00 bits per heavy atom. The van der Waals surface area contributed by atoms with Gasteiger partial charge in [-0.05, 0) is 69.9 Å². The molecule has 6 nitrogen and oxygen atoms in total. The predicted molar refractivity (Wildman–Crippen MR) is 106 cm³/mol. The summed E-state index contributed by atoms with van der Waals surface area (Å²) in [7, 11) is 0. The second kappa shape index (κ2) is 8.58. The first-order valence-corrected chi connectivity index (χ1v) is 9.14. The van der Waals surface area contributed by atoms with Crippen molar-refractivity contribution in [1.29, 1.82) is 0 Å². The van der Waals surface area contributed by atoms with Crippen LogP contribution in [0.2, 0.25) is 0 Å². The Balaban J connectivity index is 1.68.